The summed E-state index contributed by atoms with van der Waals surface area (Å²) in [6.07, 6.45) is 10.5. The average Bonchev–Trinajstić information content (AvgIpc) is 3.03. The lowest BCUT2D eigenvalue weighted by Crippen LogP contribution is -2.52. The van der Waals surface area contributed by atoms with E-state index >= 15 is 0 Å². The van der Waals surface area contributed by atoms with Crippen LogP contribution in [-0.4, -0.2) is 84.2 Å². The van der Waals surface area contributed by atoms with Crippen LogP contribution in [0.5, 0.6) is 0 Å². The first-order chi connectivity index (χ1) is 13.9. The highest BCUT2D eigenvalue weighted by molar-refractivity contribution is 5.81. The Morgan fingerprint density at radius 3 is 2.62 bits per heavy atom. The predicted molar refractivity (Wildman–Crippen MR) is 114 cm³/mol. The summed E-state index contributed by atoms with van der Waals surface area (Å²) >= 11 is 0. The molecule has 29 heavy (non-hydrogen) atoms. The van der Waals surface area contributed by atoms with Crippen molar-refractivity contribution in [3.05, 3.63) is 0 Å². The number of ether oxygens (including phenoxy) is 1. The molecule has 2 aliphatic heterocycles. The van der Waals surface area contributed by atoms with Crippen molar-refractivity contribution >= 4 is 12.0 Å². The van der Waals surface area contributed by atoms with Gasteiger partial charge in [0.15, 0.2) is 0 Å². The molecule has 0 bridgehead atoms. The molecule has 2 N–H and O–H groups in total. The summed E-state index contributed by atoms with van der Waals surface area (Å²) in [6, 6.07) is 0.305. The first-order valence-electron chi connectivity index (χ1n) is 11.7. The van der Waals surface area contributed by atoms with Crippen molar-refractivity contribution in [1.82, 2.24) is 14.7 Å². The number of carbonyl (C=O) groups is 2. The maximum absolute atomic E-state index is 12.4. The Hall–Kier alpha value is -1.34. The number of carbonyl (C=O) groups excluding carboxylic acids is 2. The molecular weight excluding hydrogens is 368 g/mol. The third kappa shape index (κ3) is 5.63. The van der Waals surface area contributed by atoms with Crippen molar-refractivity contribution < 1.29 is 14.3 Å². The van der Waals surface area contributed by atoms with E-state index in [1.54, 1.807) is 0 Å². The number of hydrogen-bond acceptors (Lipinski definition) is 5. The molecule has 166 valence electrons. The van der Waals surface area contributed by atoms with Gasteiger partial charge in [-0.05, 0) is 39.3 Å². The van der Waals surface area contributed by atoms with Gasteiger partial charge in [0.1, 0.15) is 5.60 Å². The van der Waals surface area contributed by atoms with Gasteiger partial charge in [-0.3, -0.25) is 4.79 Å². The van der Waals surface area contributed by atoms with Gasteiger partial charge in [-0.15, -0.1) is 0 Å². The van der Waals surface area contributed by atoms with Crippen LogP contribution in [0.15, 0.2) is 0 Å². The van der Waals surface area contributed by atoms with Crippen LogP contribution in [0.1, 0.15) is 71.1 Å². The van der Waals surface area contributed by atoms with E-state index in [2.05, 4.69) is 11.9 Å². The van der Waals surface area contributed by atoms with Crippen molar-refractivity contribution in [3.8, 4) is 0 Å². The standard InChI is InChI=1S/C22H40N4O3/c1-3-8-19(23)20(27)25-15-11-22(12-16-25)17-26(21(28)29-22)14-7-13-24(2)18-9-5-4-6-10-18/h18-19H,3-17,23H2,1-2H3. The monoisotopic (exact) mass is 408 g/mol. The molecule has 3 aliphatic rings. The third-order valence-electron chi connectivity index (χ3n) is 7.08. The van der Waals surface area contributed by atoms with Crippen molar-refractivity contribution in [3.63, 3.8) is 0 Å². The maximum Gasteiger partial charge on any atom is 0.410 e. The van der Waals surface area contributed by atoms with Gasteiger partial charge >= 0.3 is 6.09 Å². The van der Waals surface area contributed by atoms with E-state index in [1.165, 1.54) is 32.1 Å². The average molecular weight is 409 g/mol. The Morgan fingerprint density at radius 1 is 1.28 bits per heavy atom. The van der Waals surface area contributed by atoms with E-state index < -0.39 is 11.6 Å². The van der Waals surface area contributed by atoms with Gasteiger partial charge in [-0.1, -0.05) is 32.6 Å². The van der Waals surface area contributed by atoms with Gasteiger partial charge in [0.05, 0.1) is 12.6 Å². The summed E-state index contributed by atoms with van der Waals surface area (Å²) in [6.45, 7) is 5.73. The van der Waals surface area contributed by atoms with Crippen LogP contribution < -0.4 is 5.73 Å². The summed E-state index contributed by atoms with van der Waals surface area (Å²) < 4.78 is 5.82. The summed E-state index contributed by atoms with van der Waals surface area (Å²) in [5.74, 6) is 0.0358. The molecular formula is C22H40N4O3. The molecule has 0 aromatic rings. The lowest BCUT2D eigenvalue weighted by molar-refractivity contribution is -0.136. The second kappa shape index (κ2) is 10.1. The summed E-state index contributed by atoms with van der Waals surface area (Å²) in [5.41, 5.74) is 5.57. The first-order valence-corrected chi connectivity index (χ1v) is 11.7. The molecule has 2 saturated heterocycles. The Morgan fingerprint density at radius 2 is 1.97 bits per heavy atom. The molecule has 1 atom stereocenters. The SMILES string of the molecule is CCCC(N)C(=O)N1CCC2(CC1)CN(CCCN(C)C1CCCCC1)C(=O)O2. The van der Waals surface area contributed by atoms with Crippen molar-refractivity contribution in [1.29, 1.82) is 0 Å². The van der Waals surface area contributed by atoms with Gasteiger partial charge in [0, 0.05) is 38.5 Å². The number of nitrogens with two attached hydrogens (primary N) is 1. The quantitative estimate of drug-likeness (QED) is 0.668. The van der Waals surface area contributed by atoms with Crippen LogP contribution in [0.4, 0.5) is 4.79 Å². The second-order valence-corrected chi connectivity index (χ2v) is 9.32. The van der Waals surface area contributed by atoms with Crippen LogP contribution in [0.2, 0.25) is 0 Å². The van der Waals surface area contributed by atoms with Crippen LogP contribution in [0.3, 0.4) is 0 Å². The van der Waals surface area contributed by atoms with Crippen LogP contribution in [-0.2, 0) is 9.53 Å². The number of likely N-dealkylation sites (tertiary alicyclic amines) is 1. The molecule has 2 amide bonds. The number of piperidine rings is 1. The Labute approximate surface area is 175 Å². The number of hydrogen-bond donors (Lipinski definition) is 1. The molecule has 1 unspecified atom stereocenters. The summed E-state index contributed by atoms with van der Waals surface area (Å²) in [5, 5.41) is 0. The van der Waals surface area contributed by atoms with Crippen LogP contribution in [0.25, 0.3) is 0 Å². The summed E-state index contributed by atoms with van der Waals surface area (Å²) in [7, 11) is 2.22. The minimum absolute atomic E-state index is 0.0358. The zero-order valence-electron chi connectivity index (χ0n) is 18.4. The number of amides is 2. The molecule has 3 rings (SSSR count). The molecule has 1 spiro atoms. The predicted octanol–water partition coefficient (Wildman–Crippen LogP) is 2.58. The van der Waals surface area contributed by atoms with Gasteiger partial charge < -0.3 is 25.2 Å². The topological polar surface area (TPSA) is 79.1 Å². The molecule has 3 fully saturated rings. The van der Waals surface area contributed by atoms with E-state index in [0.29, 0.717) is 38.5 Å². The van der Waals surface area contributed by atoms with E-state index in [1.807, 2.05) is 16.7 Å². The Kier molecular flexibility index (Phi) is 7.79. The minimum Gasteiger partial charge on any atom is -0.441 e. The minimum atomic E-state index is -0.419. The van der Waals surface area contributed by atoms with Gasteiger partial charge in [0.2, 0.25) is 5.91 Å². The van der Waals surface area contributed by atoms with E-state index in [9.17, 15) is 9.59 Å². The summed E-state index contributed by atoms with van der Waals surface area (Å²) in [4.78, 5) is 31.0. The molecule has 2 heterocycles. The van der Waals surface area contributed by atoms with E-state index in [-0.39, 0.29) is 12.0 Å². The molecule has 1 saturated carbocycles. The largest absolute Gasteiger partial charge is 0.441 e. The first kappa shape index (κ1) is 22.3. The second-order valence-electron chi connectivity index (χ2n) is 9.32. The van der Waals surface area contributed by atoms with Crippen molar-refractivity contribution in [2.24, 2.45) is 5.73 Å². The third-order valence-corrected chi connectivity index (χ3v) is 7.08. The Balaban J connectivity index is 1.41. The zero-order valence-corrected chi connectivity index (χ0v) is 18.4. The molecule has 0 aromatic heterocycles. The van der Waals surface area contributed by atoms with E-state index in [0.717, 1.165) is 32.4 Å². The highest BCUT2D eigenvalue weighted by Gasteiger charge is 2.47. The maximum atomic E-state index is 12.4. The molecule has 7 nitrogen and oxygen atoms in total. The molecule has 7 heteroatoms. The van der Waals surface area contributed by atoms with Crippen LogP contribution in [0, 0.1) is 0 Å². The van der Waals surface area contributed by atoms with Crippen LogP contribution >= 0.6 is 0 Å². The van der Waals surface area contributed by atoms with Gasteiger partial charge in [-0.2, -0.15) is 0 Å². The fourth-order valence-corrected chi connectivity index (χ4v) is 5.14. The van der Waals surface area contributed by atoms with E-state index in [4.69, 9.17) is 10.5 Å². The fourth-order valence-electron chi connectivity index (χ4n) is 5.14. The van der Waals surface area contributed by atoms with Gasteiger partial charge in [-0.25, -0.2) is 4.79 Å². The normalized spacial score (nSPS) is 23.7. The number of nitrogens with zero attached hydrogens (tertiary/aromatic N) is 3. The highest BCUT2D eigenvalue weighted by Crippen LogP contribution is 2.33. The smallest absolute Gasteiger partial charge is 0.410 e. The number of rotatable bonds is 8. The molecule has 0 radical (unpaired) electrons. The lowest BCUT2D eigenvalue weighted by atomic mass is 9.91. The molecule has 1 aliphatic carbocycles. The van der Waals surface area contributed by atoms with Crippen molar-refractivity contribution in [2.75, 3.05) is 39.8 Å². The fraction of sp³-hybridized carbons (Fsp3) is 0.909. The lowest BCUT2D eigenvalue weighted by Gasteiger charge is -2.38. The zero-order chi connectivity index (χ0) is 20.9. The Bertz CT molecular complexity index is 556. The molecule has 0 aromatic carbocycles. The highest BCUT2D eigenvalue weighted by atomic mass is 16.6. The van der Waals surface area contributed by atoms with Crippen molar-refractivity contribution in [2.45, 2.75) is 88.8 Å². The van der Waals surface area contributed by atoms with Gasteiger partial charge in [0.25, 0.3) is 0 Å².